The van der Waals surface area contributed by atoms with E-state index in [0.717, 1.165) is 34.2 Å². The number of carbonyl (C=O) groups is 3. The van der Waals surface area contributed by atoms with Crippen molar-refractivity contribution in [3.8, 4) is 5.75 Å². The van der Waals surface area contributed by atoms with Gasteiger partial charge in [-0.15, -0.1) is 0 Å². The Labute approximate surface area is 251 Å². The molecular formula is C27H20Br2Cl2N2O4S. The van der Waals surface area contributed by atoms with E-state index in [2.05, 4.69) is 37.2 Å². The van der Waals surface area contributed by atoms with Gasteiger partial charge in [-0.2, -0.15) is 0 Å². The zero-order valence-electron chi connectivity index (χ0n) is 19.9. The number of carbonyl (C=O) groups excluding carboxylic acids is 3. The number of hydrogen-bond donors (Lipinski definition) is 1. The number of nitrogens with zero attached hydrogens (tertiary/aromatic N) is 1. The molecule has 6 nitrogen and oxygen atoms in total. The van der Waals surface area contributed by atoms with Crippen LogP contribution in [-0.4, -0.2) is 28.5 Å². The fourth-order valence-corrected chi connectivity index (χ4v) is 6.30. The number of halogens is 4. The topological polar surface area (TPSA) is 75.7 Å². The first-order valence-electron chi connectivity index (χ1n) is 11.3. The predicted octanol–water partition coefficient (Wildman–Crippen LogP) is 8.33. The van der Waals surface area contributed by atoms with E-state index in [-0.39, 0.29) is 18.1 Å². The molecule has 1 saturated heterocycles. The van der Waals surface area contributed by atoms with Gasteiger partial charge in [0.15, 0.2) is 0 Å². The van der Waals surface area contributed by atoms with Crippen molar-refractivity contribution in [2.75, 3.05) is 11.9 Å². The van der Waals surface area contributed by atoms with Gasteiger partial charge in [0.2, 0.25) is 5.91 Å². The summed E-state index contributed by atoms with van der Waals surface area (Å²) in [6.45, 7) is 1.89. The van der Waals surface area contributed by atoms with Crippen LogP contribution in [0.5, 0.6) is 5.75 Å². The summed E-state index contributed by atoms with van der Waals surface area (Å²) in [6.07, 6.45) is 2.49. The smallest absolute Gasteiger partial charge is 0.294 e. The van der Waals surface area contributed by atoms with Crippen LogP contribution in [0.25, 0.3) is 6.08 Å². The molecule has 0 bridgehead atoms. The van der Waals surface area contributed by atoms with Gasteiger partial charge in [0.1, 0.15) is 18.9 Å². The van der Waals surface area contributed by atoms with Gasteiger partial charge in [-0.05, 0) is 104 Å². The molecule has 0 saturated carbocycles. The van der Waals surface area contributed by atoms with E-state index in [9.17, 15) is 14.4 Å². The van der Waals surface area contributed by atoms with Crippen molar-refractivity contribution in [3.05, 3.63) is 95.2 Å². The van der Waals surface area contributed by atoms with Crippen molar-refractivity contribution in [2.45, 2.75) is 20.0 Å². The van der Waals surface area contributed by atoms with Crippen LogP contribution in [0.2, 0.25) is 10.0 Å². The zero-order chi connectivity index (χ0) is 27.4. The SMILES string of the molecule is CCc1ccc(NC(=O)CN2C(=O)S/C(=C/c3cc(Br)c(OCc4ccc(Cl)cc4Cl)c(Br)c3)C2=O)cc1. The summed E-state index contributed by atoms with van der Waals surface area (Å²) in [5, 5.41) is 3.26. The molecule has 0 aromatic heterocycles. The van der Waals surface area contributed by atoms with Gasteiger partial charge >= 0.3 is 0 Å². The normalized spacial score (nSPS) is 14.3. The van der Waals surface area contributed by atoms with E-state index in [1.54, 1.807) is 48.5 Å². The van der Waals surface area contributed by atoms with Crippen molar-refractivity contribution in [2.24, 2.45) is 0 Å². The van der Waals surface area contributed by atoms with Crippen LogP contribution in [-0.2, 0) is 22.6 Å². The van der Waals surface area contributed by atoms with Gasteiger partial charge in [0.05, 0.1) is 13.9 Å². The van der Waals surface area contributed by atoms with E-state index in [0.29, 0.717) is 36.0 Å². The average Bonchev–Trinajstić information content (AvgIpc) is 3.12. The monoisotopic (exact) mass is 696 g/mol. The molecule has 0 radical (unpaired) electrons. The maximum absolute atomic E-state index is 12.9. The van der Waals surface area contributed by atoms with Crippen molar-refractivity contribution >= 4 is 95.6 Å². The van der Waals surface area contributed by atoms with E-state index < -0.39 is 17.1 Å². The molecule has 0 aliphatic carbocycles. The number of ether oxygens (including phenoxy) is 1. The largest absolute Gasteiger partial charge is 0.486 e. The number of nitrogens with one attached hydrogen (secondary N) is 1. The van der Waals surface area contributed by atoms with Crippen molar-refractivity contribution in [1.29, 1.82) is 0 Å². The van der Waals surface area contributed by atoms with E-state index in [1.807, 2.05) is 19.1 Å². The average molecular weight is 699 g/mol. The minimum absolute atomic E-state index is 0.218. The Morgan fingerprint density at radius 3 is 2.37 bits per heavy atom. The lowest BCUT2D eigenvalue weighted by atomic mass is 10.1. The first-order valence-corrected chi connectivity index (χ1v) is 14.5. The molecule has 3 amide bonds. The first-order chi connectivity index (χ1) is 18.1. The fourth-order valence-electron chi connectivity index (χ4n) is 3.54. The van der Waals surface area contributed by atoms with Gasteiger partial charge < -0.3 is 10.1 Å². The minimum atomic E-state index is -0.526. The molecule has 1 aliphatic heterocycles. The molecule has 0 unspecified atom stereocenters. The van der Waals surface area contributed by atoms with Crippen molar-refractivity contribution in [1.82, 2.24) is 4.90 Å². The summed E-state index contributed by atoms with van der Waals surface area (Å²) in [6, 6.07) is 16.1. The number of hydrogen-bond acceptors (Lipinski definition) is 5. The molecule has 1 fully saturated rings. The Morgan fingerprint density at radius 1 is 1.05 bits per heavy atom. The summed E-state index contributed by atoms with van der Waals surface area (Å²) < 4.78 is 7.21. The third-order valence-electron chi connectivity index (χ3n) is 5.53. The Kier molecular flexibility index (Phi) is 9.59. The van der Waals surface area contributed by atoms with Gasteiger partial charge in [0, 0.05) is 21.3 Å². The summed E-state index contributed by atoms with van der Waals surface area (Å²) in [7, 11) is 0. The second-order valence-electron chi connectivity index (χ2n) is 8.20. The third kappa shape index (κ3) is 7.01. The quantitative estimate of drug-likeness (QED) is 0.240. The molecule has 3 aromatic rings. The highest BCUT2D eigenvalue weighted by atomic mass is 79.9. The van der Waals surface area contributed by atoms with Gasteiger partial charge in [0.25, 0.3) is 11.1 Å². The second-order valence-corrected chi connectivity index (χ2v) is 11.8. The molecular weight excluding hydrogens is 679 g/mol. The Hall–Kier alpha value is -2.30. The number of imide groups is 1. The molecule has 0 atom stereocenters. The number of anilines is 1. The van der Waals surface area contributed by atoms with Crippen LogP contribution in [0, 0.1) is 0 Å². The molecule has 0 spiro atoms. The van der Waals surface area contributed by atoms with Crippen LogP contribution in [0.4, 0.5) is 10.5 Å². The summed E-state index contributed by atoms with van der Waals surface area (Å²) in [4.78, 5) is 39.0. The molecule has 1 aliphatic rings. The summed E-state index contributed by atoms with van der Waals surface area (Å²) >= 11 is 20.0. The summed E-state index contributed by atoms with van der Waals surface area (Å²) in [5.41, 5.74) is 3.18. The molecule has 4 rings (SSSR count). The van der Waals surface area contributed by atoms with Crippen LogP contribution in [0.1, 0.15) is 23.6 Å². The van der Waals surface area contributed by atoms with Gasteiger partial charge in [-0.25, -0.2) is 0 Å². The third-order valence-corrected chi connectivity index (χ3v) is 8.20. The van der Waals surface area contributed by atoms with Crippen molar-refractivity contribution in [3.63, 3.8) is 0 Å². The Balaban J connectivity index is 1.43. The standard InChI is InChI=1S/C27H20Br2Cl2N2O4S/c1-2-15-3-7-19(8-4-15)32-24(34)13-33-26(35)23(38-27(33)36)11-16-9-20(28)25(21(29)10-16)37-14-17-5-6-18(30)12-22(17)31/h3-12H,2,13-14H2,1H3,(H,32,34)/b23-11+. The lowest BCUT2D eigenvalue weighted by Gasteiger charge is -2.13. The van der Waals surface area contributed by atoms with Crippen LogP contribution < -0.4 is 10.1 Å². The molecule has 1 N–H and O–H groups in total. The maximum Gasteiger partial charge on any atom is 0.294 e. The number of benzene rings is 3. The molecule has 1 heterocycles. The van der Waals surface area contributed by atoms with E-state index in [4.69, 9.17) is 27.9 Å². The fraction of sp³-hybridized carbons (Fsp3) is 0.148. The van der Waals surface area contributed by atoms with Gasteiger partial charge in [-0.1, -0.05) is 48.3 Å². The van der Waals surface area contributed by atoms with Crippen molar-refractivity contribution < 1.29 is 19.1 Å². The van der Waals surface area contributed by atoms with Crippen LogP contribution in [0.3, 0.4) is 0 Å². The van der Waals surface area contributed by atoms with E-state index in [1.165, 1.54) is 0 Å². The highest BCUT2D eigenvalue weighted by molar-refractivity contribution is 9.11. The van der Waals surface area contributed by atoms with Gasteiger partial charge in [-0.3, -0.25) is 19.3 Å². The molecule has 38 heavy (non-hydrogen) atoms. The number of thioether (sulfide) groups is 1. The Morgan fingerprint density at radius 2 is 1.74 bits per heavy atom. The number of amides is 3. The van der Waals surface area contributed by atoms with E-state index >= 15 is 0 Å². The molecule has 3 aromatic carbocycles. The number of aryl methyl sites for hydroxylation is 1. The first kappa shape index (κ1) is 28.7. The summed E-state index contributed by atoms with van der Waals surface area (Å²) in [5.74, 6) is -0.433. The zero-order valence-corrected chi connectivity index (χ0v) is 25.4. The molecule has 11 heteroatoms. The lowest BCUT2D eigenvalue weighted by Crippen LogP contribution is -2.36. The maximum atomic E-state index is 12.9. The highest BCUT2D eigenvalue weighted by Crippen LogP contribution is 2.38. The number of rotatable bonds is 8. The Bertz CT molecular complexity index is 1420. The molecule has 196 valence electrons. The highest BCUT2D eigenvalue weighted by Gasteiger charge is 2.36. The lowest BCUT2D eigenvalue weighted by molar-refractivity contribution is -0.127. The second kappa shape index (κ2) is 12.7. The predicted molar refractivity (Wildman–Crippen MR) is 160 cm³/mol. The van der Waals surface area contributed by atoms with Crippen LogP contribution in [0.15, 0.2) is 68.4 Å². The van der Waals surface area contributed by atoms with Crippen LogP contribution >= 0.6 is 66.8 Å². The minimum Gasteiger partial charge on any atom is -0.486 e.